The molecule has 0 spiro atoms. The second kappa shape index (κ2) is 5.26. The minimum atomic E-state index is -0.153. The Morgan fingerprint density at radius 2 is 2.00 bits per heavy atom. The number of nitrogen functional groups attached to an aromatic ring is 1. The zero-order chi connectivity index (χ0) is 14.1. The Morgan fingerprint density at radius 3 is 2.80 bits per heavy atom. The Kier molecular flexibility index (Phi) is 3.46. The van der Waals surface area contributed by atoms with Gasteiger partial charge in [-0.2, -0.15) is 0 Å². The number of carbonyl (C=O) groups excluding carboxylic acids is 1. The summed E-state index contributed by atoms with van der Waals surface area (Å²) in [6, 6.07) is 13.1. The highest BCUT2D eigenvalue weighted by atomic mass is 79.9. The summed E-state index contributed by atoms with van der Waals surface area (Å²) in [6.07, 6.45) is 0. The average molecular weight is 347 g/mol. The fourth-order valence-electron chi connectivity index (χ4n) is 1.92. The number of hydrogen-bond acceptors (Lipinski definition) is 3. The molecule has 3 nitrogen and oxygen atoms in total. The molecule has 0 unspecified atom stereocenters. The van der Waals surface area contributed by atoms with Crippen molar-refractivity contribution in [3.8, 4) is 0 Å². The van der Waals surface area contributed by atoms with Crippen LogP contribution in [0, 0.1) is 0 Å². The molecule has 0 aliphatic carbocycles. The number of benzene rings is 2. The molecule has 0 aliphatic rings. The first-order chi connectivity index (χ1) is 9.63. The molecule has 0 atom stereocenters. The molecule has 3 N–H and O–H groups in total. The van der Waals surface area contributed by atoms with Crippen molar-refractivity contribution in [3.63, 3.8) is 0 Å². The van der Waals surface area contributed by atoms with E-state index in [4.69, 9.17) is 5.73 Å². The maximum atomic E-state index is 12.2. The van der Waals surface area contributed by atoms with Crippen LogP contribution in [0.2, 0.25) is 0 Å². The SMILES string of the molecule is Nc1ccc(C(=O)Nc2ccc3sccc3c2)cc1Br. The number of hydrogen-bond donors (Lipinski definition) is 2. The van der Waals surface area contributed by atoms with Gasteiger partial charge in [-0.1, -0.05) is 0 Å². The van der Waals surface area contributed by atoms with Gasteiger partial charge in [-0.25, -0.2) is 0 Å². The van der Waals surface area contributed by atoms with E-state index >= 15 is 0 Å². The number of nitrogens with two attached hydrogens (primary N) is 1. The largest absolute Gasteiger partial charge is 0.398 e. The van der Waals surface area contributed by atoms with Crippen LogP contribution in [0.25, 0.3) is 10.1 Å². The first-order valence-electron chi connectivity index (χ1n) is 5.97. The lowest BCUT2D eigenvalue weighted by Crippen LogP contribution is -2.11. The Hall–Kier alpha value is -1.85. The average Bonchev–Trinajstić information content (AvgIpc) is 2.89. The van der Waals surface area contributed by atoms with Gasteiger partial charge < -0.3 is 11.1 Å². The molecule has 0 saturated carbocycles. The van der Waals surface area contributed by atoms with Crippen molar-refractivity contribution in [2.24, 2.45) is 0 Å². The van der Waals surface area contributed by atoms with Crippen LogP contribution < -0.4 is 11.1 Å². The van der Waals surface area contributed by atoms with Gasteiger partial charge in [-0.3, -0.25) is 4.79 Å². The van der Waals surface area contributed by atoms with Gasteiger partial charge in [0, 0.05) is 26.1 Å². The lowest BCUT2D eigenvalue weighted by atomic mass is 10.2. The zero-order valence-corrected chi connectivity index (χ0v) is 12.8. The van der Waals surface area contributed by atoms with E-state index in [1.165, 1.54) is 4.70 Å². The Balaban J connectivity index is 1.85. The maximum absolute atomic E-state index is 12.2. The quantitative estimate of drug-likeness (QED) is 0.671. The number of rotatable bonds is 2. The summed E-state index contributed by atoms with van der Waals surface area (Å²) < 4.78 is 1.93. The van der Waals surface area contributed by atoms with Crippen LogP contribution in [0.5, 0.6) is 0 Å². The van der Waals surface area contributed by atoms with Crippen molar-refractivity contribution in [1.82, 2.24) is 0 Å². The fraction of sp³-hybridized carbons (Fsp3) is 0. The predicted octanol–water partition coefficient (Wildman–Crippen LogP) is 4.50. The second-order valence-electron chi connectivity index (χ2n) is 4.36. The van der Waals surface area contributed by atoms with Gasteiger partial charge in [-0.15, -0.1) is 11.3 Å². The van der Waals surface area contributed by atoms with Crippen LogP contribution in [0.4, 0.5) is 11.4 Å². The highest BCUT2D eigenvalue weighted by Gasteiger charge is 2.08. The molecule has 100 valence electrons. The van der Waals surface area contributed by atoms with Crippen LogP contribution >= 0.6 is 27.3 Å². The number of anilines is 2. The maximum Gasteiger partial charge on any atom is 0.255 e. The summed E-state index contributed by atoms with van der Waals surface area (Å²) in [5.74, 6) is -0.153. The third-order valence-electron chi connectivity index (χ3n) is 2.97. The summed E-state index contributed by atoms with van der Waals surface area (Å²) in [6.45, 7) is 0. The number of carbonyl (C=O) groups is 1. The molecule has 0 bridgehead atoms. The number of fused-ring (bicyclic) bond motifs is 1. The molecule has 1 aromatic heterocycles. The van der Waals surface area contributed by atoms with Crippen molar-refractivity contribution in [3.05, 3.63) is 57.9 Å². The molecule has 0 radical (unpaired) electrons. The first kappa shape index (κ1) is 13.1. The first-order valence-corrected chi connectivity index (χ1v) is 7.64. The van der Waals surface area contributed by atoms with Crippen molar-refractivity contribution in [2.75, 3.05) is 11.1 Å². The van der Waals surface area contributed by atoms with Crippen LogP contribution in [-0.4, -0.2) is 5.91 Å². The summed E-state index contributed by atoms with van der Waals surface area (Å²) >= 11 is 5.01. The van der Waals surface area contributed by atoms with Gasteiger partial charge in [0.1, 0.15) is 0 Å². The molecule has 1 heterocycles. The minimum Gasteiger partial charge on any atom is -0.398 e. The van der Waals surface area contributed by atoms with Gasteiger partial charge >= 0.3 is 0 Å². The lowest BCUT2D eigenvalue weighted by molar-refractivity contribution is 0.102. The summed E-state index contributed by atoms with van der Waals surface area (Å²) in [7, 11) is 0. The van der Waals surface area contributed by atoms with Crippen molar-refractivity contribution < 1.29 is 4.79 Å². The molecule has 3 rings (SSSR count). The lowest BCUT2D eigenvalue weighted by Gasteiger charge is -2.07. The zero-order valence-electron chi connectivity index (χ0n) is 10.4. The topological polar surface area (TPSA) is 55.1 Å². The van der Waals surface area contributed by atoms with Gasteiger partial charge in [0.2, 0.25) is 0 Å². The highest BCUT2D eigenvalue weighted by molar-refractivity contribution is 9.10. The van der Waals surface area contributed by atoms with Crippen molar-refractivity contribution in [2.45, 2.75) is 0 Å². The number of amides is 1. The molecule has 5 heteroatoms. The molecule has 0 fully saturated rings. The highest BCUT2D eigenvalue weighted by Crippen LogP contribution is 2.25. The third kappa shape index (κ3) is 2.55. The van der Waals surface area contributed by atoms with Crippen molar-refractivity contribution in [1.29, 1.82) is 0 Å². The monoisotopic (exact) mass is 346 g/mol. The van der Waals surface area contributed by atoms with Crippen LogP contribution in [0.1, 0.15) is 10.4 Å². The Morgan fingerprint density at radius 1 is 1.15 bits per heavy atom. The predicted molar refractivity (Wildman–Crippen MR) is 88.3 cm³/mol. The minimum absolute atomic E-state index is 0.153. The van der Waals surface area contributed by atoms with Crippen molar-refractivity contribution >= 4 is 54.6 Å². The number of halogens is 1. The molecule has 2 aromatic carbocycles. The van der Waals surface area contributed by atoms with Crippen LogP contribution in [0.3, 0.4) is 0 Å². The van der Waals surface area contributed by atoms with Crippen LogP contribution in [-0.2, 0) is 0 Å². The van der Waals surface area contributed by atoms with E-state index in [9.17, 15) is 4.79 Å². The van der Waals surface area contributed by atoms with E-state index in [-0.39, 0.29) is 5.91 Å². The summed E-state index contributed by atoms with van der Waals surface area (Å²) in [5.41, 5.74) is 7.68. The number of thiophene rings is 1. The third-order valence-corrected chi connectivity index (χ3v) is 4.56. The molecule has 0 saturated heterocycles. The van der Waals surface area contributed by atoms with Gasteiger partial charge in [0.15, 0.2) is 0 Å². The van der Waals surface area contributed by atoms with Gasteiger partial charge in [0.25, 0.3) is 5.91 Å². The number of nitrogens with one attached hydrogen (secondary N) is 1. The van der Waals surface area contributed by atoms with Crippen LogP contribution in [0.15, 0.2) is 52.3 Å². The molecule has 3 aromatic rings. The normalized spacial score (nSPS) is 10.7. The standard InChI is InChI=1S/C15H11BrN2OS/c16-12-8-10(1-3-13(12)17)15(19)18-11-2-4-14-9(7-11)5-6-20-14/h1-8H,17H2,(H,18,19). The summed E-state index contributed by atoms with van der Waals surface area (Å²) in [5, 5.41) is 6.06. The molecule has 20 heavy (non-hydrogen) atoms. The van der Waals surface area contributed by atoms with Gasteiger partial charge in [-0.05, 0) is 69.2 Å². The molecule has 1 amide bonds. The fourth-order valence-corrected chi connectivity index (χ4v) is 3.07. The van der Waals surface area contributed by atoms with Gasteiger partial charge in [0.05, 0.1) is 0 Å². The Labute approximate surface area is 128 Å². The van der Waals surface area contributed by atoms with E-state index in [2.05, 4.69) is 21.2 Å². The van der Waals surface area contributed by atoms with E-state index in [1.54, 1.807) is 29.5 Å². The Bertz CT molecular complexity index is 797. The van der Waals surface area contributed by atoms with E-state index in [1.807, 2.05) is 29.6 Å². The van der Waals surface area contributed by atoms with E-state index in [0.717, 1.165) is 15.5 Å². The summed E-state index contributed by atoms with van der Waals surface area (Å²) in [4.78, 5) is 12.2. The molecule has 0 aliphatic heterocycles. The second-order valence-corrected chi connectivity index (χ2v) is 6.17. The molecular formula is C15H11BrN2OS. The molecular weight excluding hydrogens is 336 g/mol. The van der Waals surface area contributed by atoms with E-state index < -0.39 is 0 Å². The smallest absolute Gasteiger partial charge is 0.255 e. The van der Waals surface area contributed by atoms with E-state index in [0.29, 0.717) is 11.3 Å².